The maximum absolute atomic E-state index is 12.2. The molecule has 0 aliphatic heterocycles. The number of benzene rings is 2. The van der Waals surface area contributed by atoms with Crippen molar-refractivity contribution in [2.45, 2.75) is 13.3 Å². The first kappa shape index (κ1) is 15.2. The van der Waals surface area contributed by atoms with Crippen molar-refractivity contribution in [1.29, 1.82) is 0 Å². The highest BCUT2D eigenvalue weighted by molar-refractivity contribution is 5.94. The number of carbonyl (C=O) groups excluding carboxylic acids is 1. The van der Waals surface area contributed by atoms with Crippen molar-refractivity contribution in [3.63, 3.8) is 0 Å². The standard InChI is InChI=1S/C19H20N2O2/c1-13-6-7-18-17(10-13)15(12-21-18)8-9-20-19(22)14-4-3-5-16(11-14)23-2/h3-7,10-12,21H,8-9H2,1-2H3,(H,20,22). The van der Waals surface area contributed by atoms with Crippen LogP contribution in [0.4, 0.5) is 0 Å². The lowest BCUT2D eigenvalue weighted by molar-refractivity contribution is 0.0954. The Morgan fingerprint density at radius 2 is 2.09 bits per heavy atom. The van der Waals surface area contributed by atoms with Crippen LogP contribution in [0.25, 0.3) is 10.9 Å². The van der Waals surface area contributed by atoms with Crippen molar-refractivity contribution in [3.8, 4) is 5.75 Å². The molecule has 0 spiro atoms. The number of fused-ring (bicyclic) bond motifs is 1. The topological polar surface area (TPSA) is 54.1 Å². The summed E-state index contributed by atoms with van der Waals surface area (Å²) in [5.74, 6) is 0.602. The molecule has 1 heterocycles. The molecule has 2 aromatic carbocycles. The molecule has 4 nitrogen and oxygen atoms in total. The largest absolute Gasteiger partial charge is 0.497 e. The van der Waals surface area contributed by atoms with Crippen molar-refractivity contribution in [3.05, 3.63) is 65.4 Å². The van der Waals surface area contributed by atoms with Crippen LogP contribution in [-0.4, -0.2) is 24.5 Å². The van der Waals surface area contributed by atoms with E-state index in [0.717, 1.165) is 11.9 Å². The van der Waals surface area contributed by atoms with Gasteiger partial charge in [0.15, 0.2) is 0 Å². The van der Waals surface area contributed by atoms with E-state index < -0.39 is 0 Å². The van der Waals surface area contributed by atoms with Crippen LogP contribution in [0, 0.1) is 6.92 Å². The van der Waals surface area contributed by atoms with E-state index in [1.165, 1.54) is 16.5 Å². The molecule has 0 saturated heterocycles. The second kappa shape index (κ2) is 6.57. The van der Waals surface area contributed by atoms with Gasteiger partial charge in [0.2, 0.25) is 0 Å². The van der Waals surface area contributed by atoms with E-state index in [2.05, 4.69) is 35.4 Å². The summed E-state index contributed by atoms with van der Waals surface area (Å²) < 4.78 is 5.14. The minimum absolute atomic E-state index is 0.0834. The van der Waals surface area contributed by atoms with Gasteiger partial charge in [0, 0.05) is 29.2 Å². The molecule has 118 valence electrons. The molecule has 0 atom stereocenters. The van der Waals surface area contributed by atoms with Gasteiger partial charge in [-0.25, -0.2) is 0 Å². The zero-order valence-corrected chi connectivity index (χ0v) is 13.3. The van der Waals surface area contributed by atoms with E-state index in [1.807, 2.05) is 18.3 Å². The number of nitrogens with one attached hydrogen (secondary N) is 2. The van der Waals surface area contributed by atoms with Crippen LogP contribution in [0.15, 0.2) is 48.7 Å². The normalized spacial score (nSPS) is 10.7. The van der Waals surface area contributed by atoms with E-state index >= 15 is 0 Å². The first-order valence-electron chi connectivity index (χ1n) is 7.66. The zero-order valence-electron chi connectivity index (χ0n) is 13.3. The molecule has 0 saturated carbocycles. The number of aromatic nitrogens is 1. The summed E-state index contributed by atoms with van der Waals surface area (Å²) in [5.41, 5.74) is 4.19. The molecular weight excluding hydrogens is 288 g/mol. The maximum Gasteiger partial charge on any atom is 0.251 e. The average molecular weight is 308 g/mol. The number of ether oxygens (including phenoxy) is 1. The zero-order chi connectivity index (χ0) is 16.2. The number of aromatic amines is 1. The number of hydrogen-bond acceptors (Lipinski definition) is 2. The molecular formula is C19H20N2O2. The number of carbonyl (C=O) groups is 1. The Kier molecular flexibility index (Phi) is 4.33. The van der Waals surface area contributed by atoms with Gasteiger partial charge in [-0.1, -0.05) is 17.7 Å². The highest BCUT2D eigenvalue weighted by Crippen LogP contribution is 2.20. The van der Waals surface area contributed by atoms with Gasteiger partial charge in [-0.2, -0.15) is 0 Å². The van der Waals surface area contributed by atoms with E-state index in [9.17, 15) is 4.79 Å². The molecule has 1 amide bonds. The molecule has 0 unspecified atom stereocenters. The van der Waals surface area contributed by atoms with E-state index in [-0.39, 0.29) is 5.91 Å². The third-order valence-electron chi connectivity index (χ3n) is 3.93. The Labute approximate surface area is 135 Å². The monoisotopic (exact) mass is 308 g/mol. The number of methoxy groups -OCH3 is 1. The lowest BCUT2D eigenvalue weighted by Crippen LogP contribution is -2.25. The van der Waals surface area contributed by atoms with E-state index in [4.69, 9.17) is 4.74 Å². The molecule has 1 aromatic heterocycles. The summed E-state index contributed by atoms with van der Waals surface area (Å²) in [5, 5.41) is 4.18. The van der Waals surface area contributed by atoms with Crippen LogP contribution in [0.3, 0.4) is 0 Å². The predicted octanol–water partition coefficient (Wildman–Crippen LogP) is 3.46. The van der Waals surface area contributed by atoms with Gasteiger partial charge < -0.3 is 15.0 Å². The minimum Gasteiger partial charge on any atom is -0.497 e. The number of amides is 1. The molecule has 0 fully saturated rings. The SMILES string of the molecule is COc1cccc(C(=O)NCCc2c[nH]c3ccc(C)cc23)c1. The lowest BCUT2D eigenvalue weighted by atomic mass is 10.1. The quantitative estimate of drug-likeness (QED) is 0.758. The first-order valence-corrected chi connectivity index (χ1v) is 7.66. The van der Waals surface area contributed by atoms with Crippen LogP contribution in [0.1, 0.15) is 21.5 Å². The van der Waals surface area contributed by atoms with Gasteiger partial charge >= 0.3 is 0 Å². The second-order valence-electron chi connectivity index (χ2n) is 5.60. The van der Waals surface area contributed by atoms with Gasteiger partial charge in [0.05, 0.1) is 7.11 Å². The van der Waals surface area contributed by atoms with E-state index in [0.29, 0.717) is 17.9 Å². The fourth-order valence-electron chi connectivity index (χ4n) is 2.68. The average Bonchev–Trinajstić information content (AvgIpc) is 2.97. The molecule has 4 heteroatoms. The number of aryl methyl sites for hydroxylation is 1. The van der Waals surface area contributed by atoms with Gasteiger partial charge in [0.25, 0.3) is 5.91 Å². The van der Waals surface area contributed by atoms with Crippen LogP contribution >= 0.6 is 0 Å². The molecule has 0 bridgehead atoms. The van der Waals surface area contributed by atoms with Crippen molar-refractivity contribution in [1.82, 2.24) is 10.3 Å². The summed E-state index contributed by atoms with van der Waals surface area (Å²) in [6.45, 7) is 2.68. The molecule has 0 aliphatic carbocycles. The molecule has 0 radical (unpaired) electrons. The Bertz CT molecular complexity index is 836. The summed E-state index contributed by atoms with van der Waals surface area (Å²) in [7, 11) is 1.59. The summed E-state index contributed by atoms with van der Waals surface area (Å²) >= 11 is 0. The van der Waals surface area contributed by atoms with Gasteiger partial charge in [0.1, 0.15) is 5.75 Å². The Morgan fingerprint density at radius 3 is 2.91 bits per heavy atom. The number of rotatable bonds is 5. The van der Waals surface area contributed by atoms with Gasteiger partial charge in [-0.15, -0.1) is 0 Å². The van der Waals surface area contributed by atoms with Crippen LogP contribution in [-0.2, 0) is 6.42 Å². The van der Waals surface area contributed by atoms with Gasteiger partial charge in [-0.05, 0) is 49.2 Å². The maximum atomic E-state index is 12.2. The summed E-state index contributed by atoms with van der Waals surface area (Å²) in [6.07, 6.45) is 2.81. The molecule has 3 aromatic rings. The minimum atomic E-state index is -0.0834. The molecule has 3 rings (SSSR count). The Hall–Kier alpha value is -2.75. The van der Waals surface area contributed by atoms with Crippen molar-refractivity contribution >= 4 is 16.8 Å². The smallest absolute Gasteiger partial charge is 0.251 e. The van der Waals surface area contributed by atoms with Crippen molar-refractivity contribution < 1.29 is 9.53 Å². The summed E-state index contributed by atoms with van der Waals surface area (Å²) in [4.78, 5) is 15.5. The third kappa shape index (κ3) is 3.37. The van der Waals surface area contributed by atoms with Crippen LogP contribution in [0.5, 0.6) is 5.75 Å². The predicted molar refractivity (Wildman–Crippen MR) is 92.1 cm³/mol. The summed E-state index contributed by atoms with van der Waals surface area (Å²) in [6, 6.07) is 13.5. The molecule has 0 aliphatic rings. The third-order valence-corrected chi connectivity index (χ3v) is 3.93. The van der Waals surface area contributed by atoms with Gasteiger partial charge in [-0.3, -0.25) is 4.79 Å². The second-order valence-corrected chi connectivity index (χ2v) is 5.60. The Balaban J connectivity index is 1.64. The number of hydrogen-bond donors (Lipinski definition) is 2. The van der Waals surface area contributed by atoms with Crippen molar-refractivity contribution in [2.24, 2.45) is 0 Å². The highest BCUT2D eigenvalue weighted by Gasteiger charge is 2.08. The first-order chi connectivity index (χ1) is 11.2. The molecule has 23 heavy (non-hydrogen) atoms. The van der Waals surface area contributed by atoms with E-state index in [1.54, 1.807) is 19.2 Å². The van der Waals surface area contributed by atoms with Crippen LogP contribution in [0.2, 0.25) is 0 Å². The van der Waals surface area contributed by atoms with Crippen LogP contribution < -0.4 is 10.1 Å². The fourth-order valence-corrected chi connectivity index (χ4v) is 2.68. The molecule has 2 N–H and O–H groups in total. The fraction of sp³-hybridized carbons (Fsp3) is 0.211. The Morgan fingerprint density at radius 1 is 1.22 bits per heavy atom. The number of H-pyrrole nitrogens is 1. The van der Waals surface area contributed by atoms with Crippen molar-refractivity contribution in [2.75, 3.05) is 13.7 Å². The lowest BCUT2D eigenvalue weighted by Gasteiger charge is -2.06. The highest BCUT2D eigenvalue weighted by atomic mass is 16.5.